The Morgan fingerprint density at radius 3 is 2.85 bits per heavy atom. The molecule has 1 unspecified atom stereocenters. The maximum absolute atomic E-state index is 12.5. The molecule has 0 saturated carbocycles. The van der Waals surface area contributed by atoms with Crippen molar-refractivity contribution in [2.75, 3.05) is 23.7 Å². The standard InChI is InChI=1S/C18H24N4O4S/c1-18(2,3)26-17(25)22(16(23)24)11-5-4-7-21(10-11)14-12(19)9-20-13-6-8-27-15(13)14/h6,8-9,11H,4-5,7,10,19H2,1-3H3,(H,23,24). The molecule has 146 valence electrons. The number of fused-ring (bicyclic) bond motifs is 1. The minimum atomic E-state index is -1.31. The van der Waals surface area contributed by atoms with E-state index in [1.54, 1.807) is 38.3 Å². The summed E-state index contributed by atoms with van der Waals surface area (Å²) < 4.78 is 6.26. The first-order valence-corrected chi connectivity index (χ1v) is 9.67. The van der Waals surface area contributed by atoms with Gasteiger partial charge in [0.05, 0.1) is 33.8 Å². The smallest absolute Gasteiger partial charge is 0.420 e. The van der Waals surface area contributed by atoms with E-state index < -0.39 is 23.8 Å². The van der Waals surface area contributed by atoms with Crippen molar-refractivity contribution < 1.29 is 19.4 Å². The van der Waals surface area contributed by atoms with Gasteiger partial charge in [0.25, 0.3) is 0 Å². The zero-order valence-corrected chi connectivity index (χ0v) is 16.5. The summed E-state index contributed by atoms with van der Waals surface area (Å²) in [7, 11) is 0. The van der Waals surface area contributed by atoms with Crippen molar-refractivity contribution in [1.29, 1.82) is 0 Å². The SMILES string of the molecule is CC(C)(C)OC(=O)N(C(=O)O)C1CCCN(c2c(N)cnc3ccsc23)C1. The van der Waals surface area contributed by atoms with Crippen LogP contribution in [0.1, 0.15) is 33.6 Å². The normalized spacial score (nSPS) is 17.7. The lowest BCUT2D eigenvalue weighted by Crippen LogP contribution is -2.53. The first-order chi connectivity index (χ1) is 12.7. The minimum Gasteiger partial charge on any atom is -0.465 e. The summed E-state index contributed by atoms with van der Waals surface area (Å²) in [5.41, 5.74) is 7.67. The predicted octanol–water partition coefficient (Wildman–Crippen LogP) is 3.76. The summed E-state index contributed by atoms with van der Waals surface area (Å²) in [6, 6.07) is 1.42. The van der Waals surface area contributed by atoms with Gasteiger partial charge in [0.15, 0.2) is 0 Å². The Labute approximate surface area is 161 Å². The Morgan fingerprint density at radius 2 is 2.19 bits per heavy atom. The molecule has 1 aliphatic heterocycles. The third kappa shape index (κ3) is 4.08. The van der Waals surface area contributed by atoms with Gasteiger partial charge >= 0.3 is 12.2 Å². The van der Waals surface area contributed by atoms with Crippen LogP contribution in [-0.2, 0) is 4.74 Å². The van der Waals surface area contributed by atoms with Crippen molar-refractivity contribution >= 4 is 45.1 Å². The second kappa shape index (κ2) is 7.22. The number of anilines is 2. The Morgan fingerprint density at radius 1 is 1.44 bits per heavy atom. The number of pyridine rings is 1. The van der Waals surface area contributed by atoms with E-state index in [-0.39, 0.29) is 0 Å². The van der Waals surface area contributed by atoms with Crippen LogP contribution in [-0.4, -0.2) is 51.9 Å². The maximum Gasteiger partial charge on any atom is 0.420 e. The molecule has 1 saturated heterocycles. The summed E-state index contributed by atoms with van der Waals surface area (Å²) >= 11 is 1.55. The number of thiophene rings is 1. The zero-order valence-electron chi connectivity index (χ0n) is 15.6. The highest BCUT2D eigenvalue weighted by Gasteiger charge is 2.36. The Bertz CT molecular complexity index is 861. The van der Waals surface area contributed by atoms with Crippen LogP contribution < -0.4 is 10.6 Å². The lowest BCUT2D eigenvalue weighted by atomic mass is 10.0. The number of ether oxygens (including phenoxy) is 1. The van der Waals surface area contributed by atoms with E-state index in [4.69, 9.17) is 10.5 Å². The number of piperidine rings is 1. The van der Waals surface area contributed by atoms with Crippen molar-refractivity contribution in [3.05, 3.63) is 17.6 Å². The third-order valence-corrected chi connectivity index (χ3v) is 5.26. The molecule has 0 bridgehead atoms. The van der Waals surface area contributed by atoms with Crippen LogP contribution in [0.5, 0.6) is 0 Å². The van der Waals surface area contributed by atoms with Gasteiger partial charge in [-0.25, -0.2) is 14.5 Å². The Kier molecular flexibility index (Phi) is 5.14. The van der Waals surface area contributed by atoms with Crippen LogP contribution in [0.15, 0.2) is 17.6 Å². The third-order valence-electron chi connectivity index (χ3n) is 4.35. The lowest BCUT2D eigenvalue weighted by Gasteiger charge is -2.39. The molecule has 3 N–H and O–H groups in total. The molecule has 3 rings (SSSR count). The fourth-order valence-electron chi connectivity index (χ4n) is 3.30. The fraction of sp³-hybridized carbons (Fsp3) is 0.500. The van der Waals surface area contributed by atoms with Gasteiger partial charge in [0.1, 0.15) is 5.60 Å². The van der Waals surface area contributed by atoms with Crippen molar-refractivity contribution in [1.82, 2.24) is 9.88 Å². The molecule has 0 aliphatic carbocycles. The molecule has 0 aromatic carbocycles. The average molecular weight is 392 g/mol. The summed E-state index contributed by atoms with van der Waals surface area (Å²) in [6.45, 7) is 6.24. The molecule has 3 heterocycles. The van der Waals surface area contributed by atoms with Gasteiger partial charge in [0, 0.05) is 13.1 Å². The number of amides is 2. The van der Waals surface area contributed by atoms with Crippen LogP contribution in [0.2, 0.25) is 0 Å². The number of carbonyl (C=O) groups excluding carboxylic acids is 1. The number of carboxylic acid groups (broad SMARTS) is 1. The van der Waals surface area contributed by atoms with Crippen molar-refractivity contribution in [2.45, 2.75) is 45.3 Å². The molecule has 9 heteroatoms. The van der Waals surface area contributed by atoms with Crippen LogP contribution in [0.4, 0.5) is 21.0 Å². The van der Waals surface area contributed by atoms with Gasteiger partial charge in [-0.1, -0.05) is 0 Å². The molecule has 2 aromatic rings. The van der Waals surface area contributed by atoms with Gasteiger partial charge in [-0.3, -0.25) is 4.98 Å². The average Bonchev–Trinajstić information content (AvgIpc) is 3.01. The second-order valence-corrected chi connectivity index (χ2v) is 8.49. The number of imide groups is 1. The summed E-state index contributed by atoms with van der Waals surface area (Å²) in [4.78, 5) is 31.4. The predicted molar refractivity (Wildman–Crippen MR) is 105 cm³/mol. The van der Waals surface area contributed by atoms with E-state index in [1.807, 2.05) is 16.3 Å². The molecule has 1 fully saturated rings. The van der Waals surface area contributed by atoms with E-state index in [9.17, 15) is 14.7 Å². The van der Waals surface area contributed by atoms with Crippen LogP contribution in [0.25, 0.3) is 10.2 Å². The van der Waals surface area contributed by atoms with Crippen molar-refractivity contribution in [3.63, 3.8) is 0 Å². The number of nitrogens with two attached hydrogens (primary N) is 1. The zero-order chi connectivity index (χ0) is 19.8. The Balaban J connectivity index is 1.88. The molecule has 2 amide bonds. The quantitative estimate of drug-likeness (QED) is 0.801. The monoisotopic (exact) mass is 392 g/mol. The summed E-state index contributed by atoms with van der Waals surface area (Å²) in [5, 5.41) is 11.6. The fourth-order valence-corrected chi connectivity index (χ4v) is 4.23. The first kappa shape index (κ1) is 19.2. The molecular weight excluding hydrogens is 368 g/mol. The highest BCUT2D eigenvalue weighted by atomic mass is 32.1. The van der Waals surface area contributed by atoms with Crippen LogP contribution in [0.3, 0.4) is 0 Å². The minimum absolute atomic E-state index is 0.368. The van der Waals surface area contributed by atoms with E-state index in [1.165, 1.54) is 0 Å². The van der Waals surface area contributed by atoms with Gasteiger partial charge in [-0.2, -0.15) is 0 Å². The summed E-state index contributed by atoms with van der Waals surface area (Å²) in [5.74, 6) is 0. The molecule has 8 nitrogen and oxygen atoms in total. The highest BCUT2D eigenvalue weighted by Crippen LogP contribution is 2.37. The van der Waals surface area contributed by atoms with Crippen molar-refractivity contribution in [2.24, 2.45) is 0 Å². The maximum atomic E-state index is 12.5. The molecule has 2 aromatic heterocycles. The number of hydrogen-bond donors (Lipinski definition) is 2. The van der Waals surface area contributed by atoms with E-state index >= 15 is 0 Å². The van der Waals surface area contributed by atoms with Gasteiger partial charge in [-0.05, 0) is 45.1 Å². The number of hydrogen-bond acceptors (Lipinski definition) is 7. The molecule has 0 spiro atoms. The molecular formula is C18H24N4O4S. The second-order valence-electron chi connectivity index (χ2n) is 7.57. The summed E-state index contributed by atoms with van der Waals surface area (Å²) in [6.07, 6.45) is 0.800. The molecule has 27 heavy (non-hydrogen) atoms. The van der Waals surface area contributed by atoms with Crippen LogP contribution >= 0.6 is 11.3 Å². The van der Waals surface area contributed by atoms with Gasteiger partial charge in [0.2, 0.25) is 0 Å². The topological polar surface area (TPSA) is 109 Å². The van der Waals surface area contributed by atoms with E-state index in [0.717, 1.165) is 33.8 Å². The van der Waals surface area contributed by atoms with Crippen LogP contribution in [0, 0.1) is 0 Å². The molecule has 1 atom stereocenters. The highest BCUT2D eigenvalue weighted by molar-refractivity contribution is 7.17. The largest absolute Gasteiger partial charge is 0.465 e. The van der Waals surface area contributed by atoms with E-state index in [2.05, 4.69) is 4.98 Å². The van der Waals surface area contributed by atoms with E-state index in [0.29, 0.717) is 18.7 Å². The molecule has 0 radical (unpaired) electrons. The number of nitrogen functional groups attached to an aromatic ring is 1. The Hall–Kier alpha value is -2.55. The number of rotatable bonds is 2. The number of carbonyl (C=O) groups is 2. The van der Waals surface area contributed by atoms with Gasteiger partial charge < -0.3 is 20.5 Å². The number of nitrogens with zero attached hydrogens (tertiary/aromatic N) is 3. The first-order valence-electron chi connectivity index (χ1n) is 8.79. The van der Waals surface area contributed by atoms with Gasteiger partial charge in [-0.15, -0.1) is 11.3 Å². The molecule has 1 aliphatic rings. The number of aromatic nitrogens is 1. The lowest BCUT2D eigenvalue weighted by molar-refractivity contribution is 0.0178. The van der Waals surface area contributed by atoms with Crippen molar-refractivity contribution in [3.8, 4) is 0 Å².